The monoisotopic (exact) mass is 239 g/mol. The highest BCUT2D eigenvalue weighted by atomic mass is 32.2. The molecule has 3 nitrogen and oxygen atoms in total. The Kier molecular flexibility index (Phi) is 3.96. The van der Waals surface area contributed by atoms with Crippen LogP contribution in [0.4, 0.5) is 0 Å². The maximum Gasteiger partial charge on any atom is 0.123 e. The topological polar surface area (TPSA) is 30.5 Å². The fourth-order valence-electron chi connectivity index (χ4n) is 1.86. The minimum Gasteiger partial charge on any atom is -0.497 e. The lowest BCUT2D eigenvalue weighted by Crippen LogP contribution is -2.28. The number of hydrogen-bond donors (Lipinski definition) is 1. The van der Waals surface area contributed by atoms with Gasteiger partial charge in [0.05, 0.1) is 14.2 Å². The van der Waals surface area contributed by atoms with Crippen LogP contribution in [0, 0.1) is 0 Å². The van der Waals surface area contributed by atoms with Crippen molar-refractivity contribution >= 4 is 11.8 Å². The zero-order valence-corrected chi connectivity index (χ0v) is 10.5. The Balaban J connectivity index is 2.27. The van der Waals surface area contributed by atoms with E-state index in [0.29, 0.717) is 5.25 Å². The molecule has 16 heavy (non-hydrogen) atoms. The van der Waals surface area contributed by atoms with Gasteiger partial charge in [-0.3, -0.25) is 0 Å². The summed E-state index contributed by atoms with van der Waals surface area (Å²) in [5.74, 6) is 2.98. The minimum absolute atomic E-state index is 0.457. The average molecular weight is 239 g/mol. The van der Waals surface area contributed by atoms with E-state index in [1.807, 2.05) is 23.9 Å². The molecule has 0 radical (unpaired) electrons. The first-order valence-electron chi connectivity index (χ1n) is 5.39. The quantitative estimate of drug-likeness (QED) is 0.875. The molecule has 1 atom stereocenters. The van der Waals surface area contributed by atoms with E-state index in [-0.39, 0.29) is 0 Å². The first kappa shape index (κ1) is 11.6. The van der Waals surface area contributed by atoms with Gasteiger partial charge >= 0.3 is 0 Å². The van der Waals surface area contributed by atoms with Crippen LogP contribution in [0.1, 0.15) is 10.8 Å². The molecule has 88 valence electrons. The van der Waals surface area contributed by atoms with Crippen LogP contribution in [0.2, 0.25) is 0 Å². The van der Waals surface area contributed by atoms with Crippen LogP contribution in [-0.4, -0.2) is 33.1 Å². The summed E-state index contributed by atoms with van der Waals surface area (Å²) >= 11 is 1.97. The van der Waals surface area contributed by atoms with Gasteiger partial charge in [-0.1, -0.05) is 0 Å². The number of benzene rings is 1. The number of rotatable bonds is 3. The van der Waals surface area contributed by atoms with Gasteiger partial charge in [-0.2, -0.15) is 11.8 Å². The lowest BCUT2D eigenvalue weighted by Gasteiger charge is -2.24. The fourth-order valence-corrected chi connectivity index (χ4v) is 3.00. The second-order valence-electron chi connectivity index (χ2n) is 3.67. The second-order valence-corrected chi connectivity index (χ2v) is 4.98. The molecule has 1 fully saturated rings. The SMILES string of the molecule is COc1ccc(OC)c(C2CNCCS2)c1. The summed E-state index contributed by atoms with van der Waals surface area (Å²) in [6.45, 7) is 2.08. The van der Waals surface area contributed by atoms with Gasteiger partial charge in [0.25, 0.3) is 0 Å². The molecule has 1 N–H and O–H groups in total. The van der Waals surface area contributed by atoms with Gasteiger partial charge in [0, 0.05) is 29.7 Å². The Bertz CT molecular complexity index is 351. The summed E-state index contributed by atoms with van der Waals surface area (Å²) in [4.78, 5) is 0. The first-order chi connectivity index (χ1) is 7.85. The van der Waals surface area contributed by atoms with Crippen molar-refractivity contribution in [3.05, 3.63) is 23.8 Å². The summed E-state index contributed by atoms with van der Waals surface area (Å²) in [5, 5.41) is 3.86. The Morgan fingerprint density at radius 2 is 2.19 bits per heavy atom. The molecule has 1 aromatic carbocycles. The van der Waals surface area contributed by atoms with Crippen molar-refractivity contribution in [3.8, 4) is 11.5 Å². The zero-order chi connectivity index (χ0) is 11.4. The van der Waals surface area contributed by atoms with Crippen LogP contribution in [-0.2, 0) is 0 Å². The van der Waals surface area contributed by atoms with Gasteiger partial charge in [-0.25, -0.2) is 0 Å². The molecule has 1 saturated heterocycles. The van der Waals surface area contributed by atoms with E-state index >= 15 is 0 Å². The van der Waals surface area contributed by atoms with Crippen molar-refractivity contribution < 1.29 is 9.47 Å². The maximum absolute atomic E-state index is 5.40. The molecule has 1 unspecified atom stereocenters. The van der Waals surface area contributed by atoms with Crippen molar-refractivity contribution in [2.75, 3.05) is 33.1 Å². The van der Waals surface area contributed by atoms with Crippen molar-refractivity contribution in [1.82, 2.24) is 5.32 Å². The van der Waals surface area contributed by atoms with Gasteiger partial charge in [-0.15, -0.1) is 0 Å². The molecule has 2 rings (SSSR count). The predicted molar refractivity (Wildman–Crippen MR) is 67.6 cm³/mol. The van der Waals surface area contributed by atoms with E-state index in [2.05, 4.69) is 11.4 Å². The Hall–Kier alpha value is -0.870. The second kappa shape index (κ2) is 5.46. The largest absolute Gasteiger partial charge is 0.497 e. The molecule has 0 spiro atoms. The van der Waals surface area contributed by atoms with Crippen molar-refractivity contribution in [1.29, 1.82) is 0 Å². The molecular weight excluding hydrogens is 222 g/mol. The van der Waals surface area contributed by atoms with Gasteiger partial charge in [0.1, 0.15) is 11.5 Å². The molecule has 1 heterocycles. The molecule has 0 aromatic heterocycles. The molecule has 1 aliphatic rings. The third-order valence-electron chi connectivity index (χ3n) is 2.71. The molecule has 4 heteroatoms. The predicted octanol–water partition coefficient (Wildman–Crippen LogP) is 2.08. The van der Waals surface area contributed by atoms with Crippen LogP contribution in [0.3, 0.4) is 0 Å². The molecule has 0 saturated carbocycles. The highest BCUT2D eigenvalue weighted by Crippen LogP contribution is 2.37. The van der Waals surface area contributed by atoms with E-state index in [1.165, 1.54) is 5.56 Å². The molecular formula is C12H17NO2S. The van der Waals surface area contributed by atoms with Gasteiger partial charge in [0.15, 0.2) is 0 Å². The van der Waals surface area contributed by atoms with Gasteiger partial charge in [-0.05, 0) is 18.2 Å². The van der Waals surface area contributed by atoms with Gasteiger partial charge < -0.3 is 14.8 Å². The van der Waals surface area contributed by atoms with Crippen LogP contribution in [0.5, 0.6) is 11.5 Å². The standard InChI is InChI=1S/C12H17NO2S/c1-14-9-3-4-11(15-2)10(7-9)12-8-13-5-6-16-12/h3-4,7,12-13H,5-6,8H2,1-2H3. The summed E-state index contributed by atoms with van der Waals surface area (Å²) in [7, 11) is 3.41. The van der Waals surface area contributed by atoms with Gasteiger partial charge in [0.2, 0.25) is 0 Å². The van der Waals surface area contributed by atoms with Crippen LogP contribution < -0.4 is 14.8 Å². The maximum atomic E-state index is 5.40. The summed E-state index contributed by atoms with van der Waals surface area (Å²) in [6.07, 6.45) is 0. The average Bonchev–Trinajstić information content (AvgIpc) is 2.39. The van der Waals surface area contributed by atoms with Crippen LogP contribution in [0.25, 0.3) is 0 Å². The van der Waals surface area contributed by atoms with E-state index < -0.39 is 0 Å². The zero-order valence-electron chi connectivity index (χ0n) is 9.66. The summed E-state index contributed by atoms with van der Waals surface area (Å²) < 4.78 is 10.7. The van der Waals surface area contributed by atoms with Crippen molar-refractivity contribution in [2.24, 2.45) is 0 Å². The highest BCUT2D eigenvalue weighted by Gasteiger charge is 2.19. The number of thioether (sulfide) groups is 1. The van der Waals surface area contributed by atoms with E-state index in [0.717, 1.165) is 30.3 Å². The van der Waals surface area contributed by atoms with Crippen LogP contribution >= 0.6 is 11.8 Å². The molecule has 1 aromatic rings. The van der Waals surface area contributed by atoms with Crippen molar-refractivity contribution in [3.63, 3.8) is 0 Å². The third kappa shape index (κ3) is 2.44. The molecule has 0 aliphatic carbocycles. The molecule has 1 aliphatic heterocycles. The van der Waals surface area contributed by atoms with E-state index in [4.69, 9.17) is 9.47 Å². The van der Waals surface area contributed by atoms with E-state index in [9.17, 15) is 0 Å². The number of hydrogen-bond acceptors (Lipinski definition) is 4. The number of nitrogens with one attached hydrogen (secondary N) is 1. The molecule has 0 bridgehead atoms. The third-order valence-corrected chi connectivity index (χ3v) is 3.97. The lowest BCUT2D eigenvalue weighted by atomic mass is 10.1. The Morgan fingerprint density at radius 3 is 2.81 bits per heavy atom. The molecule has 0 amide bonds. The highest BCUT2D eigenvalue weighted by molar-refractivity contribution is 7.99. The fraction of sp³-hybridized carbons (Fsp3) is 0.500. The Morgan fingerprint density at radius 1 is 1.31 bits per heavy atom. The lowest BCUT2D eigenvalue weighted by molar-refractivity contribution is 0.398. The smallest absolute Gasteiger partial charge is 0.123 e. The Labute approximate surface area is 101 Å². The normalized spacial score (nSPS) is 20.5. The van der Waals surface area contributed by atoms with Crippen molar-refractivity contribution in [2.45, 2.75) is 5.25 Å². The van der Waals surface area contributed by atoms with Crippen LogP contribution in [0.15, 0.2) is 18.2 Å². The number of methoxy groups -OCH3 is 2. The summed E-state index contributed by atoms with van der Waals surface area (Å²) in [6, 6.07) is 5.98. The number of ether oxygens (including phenoxy) is 2. The van der Waals surface area contributed by atoms with E-state index in [1.54, 1.807) is 14.2 Å². The first-order valence-corrected chi connectivity index (χ1v) is 6.44. The summed E-state index contributed by atoms with van der Waals surface area (Å²) in [5.41, 5.74) is 1.22. The minimum atomic E-state index is 0.457.